The highest BCUT2D eigenvalue weighted by Crippen LogP contribution is 2.10. The predicted octanol–water partition coefficient (Wildman–Crippen LogP) is 1.50. The van der Waals surface area contributed by atoms with Gasteiger partial charge in [0.05, 0.1) is 12.6 Å². The minimum absolute atomic E-state index is 0.0131. The van der Waals surface area contributed by atoms with E-state index in [1.165, 1.54) is 0 Å². The summed E-state index contributed by atoms with van der Waals surface area (Å²) in [5.41, 5.74) is 1.10. The monoisotopic (exact) mass is 177 g/mol. The minimum Gasteiger partial charge on any atom is -0.394 e. The van der Waals surface area contributed by atoms with Crippen LogP contribution in [0, 0.1) is 0 Å². The lowest BCUT2D eigenvalue weighted by atomic mass is 10.1. The average Bonchev–Trinajstić information content (AvgIpc) is 2.21. The van der Waals surface area contributed by atoms with Crippen LogP contribution in [-0.4, -0.2) is 18.3 Å². The molecule has 13 heavy (non-hydrogen) atoms. The summed E-state index contributed by atoms with van der Waals surface area (Å²) in [6, 6.07) is 9.90. The second-order valence-electron chi connectivity index (χ2n) is 2.84. The van der Waals surface area contributed by atoms with Gasteiger partial charge in [-0.15, -0.1) is 6.58 Å². The van der Waals surface area contributed by atoms with E-state index < -0.39 is 0 Å². The highest BCUT2D eigenvalue weighted by Gasteiger charge is 2.06. The number of aliphatic hydroxyl groups is 1. The second kappa shape index (κ2) is 5.51. The van der Waals surface area contributed by atoms with Crippen molar-refractivity contribution >= 4 is 0 Å². The normalized spacial score (nSPS) is 12.4. The van der Waals surface area contributed by atoms with E-state index in [0.29, 0.717) is 6.54 Å². The van der Waals surface area contributed by atoms with Crippen molar-refractivity contribution in [3.05, 3.63) is 48.6 Å². The van der Waals surface area contributed by atoms with Gasteiger partial charge in [0.2, 0.25) is 0 Å². The molecule has 1 aromatic carbocycles. The van der Waals surface area contributed by atoms with Crippen molar-refractivity contribution < 1.29 is 5.11 Å². The van der Waals surface area contributed by atoms with Gasteiger partial charge in [-0.05, 0) is 5.56 Å². The van der Waals surface area contributed by atoms with E-state index in [1.807, 2.05) is 30.3 Å². The molecule has 2 nitrogen and oxygen atoms in total. The number of benzene rings is 1. The van der Waals surface area contributed by atoms with E-state index in [2.05, 4.69) is 11.9 Å². The smallest absolute Gasteiger partial charge is 0.0626 e. The molecule has 0 heterocycles. The van der Waals surface area contributed by atoms with E-state index in [0.717, 1.165) is 5.56 Å². The van der Waals surface area contributed by atoms with Crippen molar-refractivity contribution in [2.45, 2.75) is 6.04 Å². The molecule has 0 aliphatic heterocycles. The van der Waals surface area contributed by atoms with E-state index in [-0.39, 0.29) is 12.6 Å². The number of aliphatic hydroxyl groups excluding tert-OH is 1. The maximum Gasteiger partial charge on any atom is 0.0626 e. The topological polar surface area (TPSA) is 32.3 Å². The Morgan fingerprint density at radius 2 is 2.08 bits per heavy atom. The summed E-state index contributed by atoms with van der Waals surface area (Å²) in [5, 5.41) is 12.3. The largest absolute Gasteiger partial charge is 0.394 e. The Kier molecular flexibility index (Phi) is 4.23. The van der Waals surface area contributed by atoms with Crippen LogP contribution < -0.4 is 5.32 Å². The summed E-state index contributed by atoms with van der Waals surface area (Å²) in [6.07, 6.45) is 1.78. The summed E-state index contributed by atoms with van der Waals surface area (Å²) in [6.45, 7) is 4.43. The van der Waals surface area contributed by atoms with Gasteiger partial charge in [-0.25, -0.2) is 0 Å². The zero-order chi connectivity index (χ0) is 9.52. The minimum atomic E-state index is 0.0131. The molecule has 0 bridgehead atoms. The van der Waals surface area contributed by atoms with Gasteiger partial charge in [-0.3, -0.25) is 0 Å². The molecule has 0 saturated carbocycles. The van der Waals surface area contributed by atoms with Crippen LogP contribution in [0.15, 0.2) is 43.0 Å². The zero-order valence-electron chi connectivity index (χ0n) is 7.61. The van der Waals surface area contributed by atoms with Crippen molar-refractivity contribution in [1.29, 1.82) is 0 Å². The van der Waals surface area contributed by atoms with Crippen LogP contribution in [0.5, 0.6) is 0 Å². The molecule has 70 valence electrons. The standard InChI is InChI=1S/C11H15NO/c1-2-8-12-11(9-13)10-6-4-3-5-7-10/h2-7,11-13H,1,8-9H2/t11-/m0/s1. The van der Waals surface area contributed by atoms with E-state index >= 15 is 0 Å². The molecule has 0 amide bonds. The maximum atomic E-state index is 9.11. The van der Waals surface area contributed by atoms with Gasteiger partial charge in [-0.1, -0.05) is 36.4 Å². The number of hydrogen-bond donors (Lipinski definition) is 2. The number of hydrogen-bond acceptors (Lipinski definition) is 2. The third-order valence-electron chi connectivity index (χ3n) is 1.89. The third-order valence-corrected chi connectivity index (χ3v) is 1.89. The molecule has 1 aromatic rings. The molecule has 1 rings (SSSR count). The zero-order valence-corrected chi connectivity index (χ0v) is 7.61. The van der Waals surface area contributed by atoms with E-state index in [9.17, 15) is 0 Å². The molecule has 0 fully saturated rings. The van der Waals surface area contributed by atoms with E-state index in [4.69, 9.17) is 5.11 Å². The lowest BCUT2D eigenvalue weighted by molar-refractivity contribution is 0.248. The SMILES string of the molecule is C=CCN[C@@H](CO)c1ccccc1. The van der Waals surface area contributed by atoms with Gasteiger partial charge >= 0.3 is 0 Å². The van der Waals surface area contributed by atoms with Crippen LogP contribution in [0.4, 0.5) is 0 Å². The molecule has 0 aliphatic carbocycles. The first kappa shape index (κ1) is 9.96. The summed E-state index contributed by atoms with van der Waals surface area (Å²) in [4.78, 5) is 0. The molecular formula is C11H15NO. The van der Waals surface area contributed by atoms with Gasteiger partial charge in [0.25, 0.3) is 0 Å². The third kappa shape index (κ3) is 3.01. The molecule has 2 heteroatoms. The molecule has 0 spiro atoms. The highest BCUT2D eigenvalue weighted by molar-refractivity contribution is 5.18. The summed E-state index contributed by atoms with van der Waals surface area (Å²) in [7, 11) is 0. The summed E-state index contributed by atoms with van der Waals surface area (Å²) < 4.78 is 0. The van der Waals surface area contributed by atoms with Gasteiger partial charge in [0, 0.05) is 6.54 Å². The highest BCUT2D eigenvalue weighted by atomic mass is 16.3. The van der Waals surface area contributed by atoms with Crippen LogP contribution in [0.2, 0.25) is 0 Å². The van der Waals surface area contributed by atoms with Crippen molar-refractivity contribution in [1.82, 2.24) is 5.32 Å². The Balaban J connectivity index is 2.61. The first-order valence-corrected chi connectivity index (χ1v) is 4.38. The van der Waals surface area contributed by atoms with Crippen LogP contribution in [0.1, 0.15) is 11.6 Å². The van der Waals surface area contributed by atoms with Crippen molar-refractivity contribution in [3.63, 3.8) is 0 Å². The Bertz CT molecular complexity index is 246. The molecule has 0 aromatic heterocycles. The molecule has 0 radical (unpaired) electrons. The van der Waals surface area contributed by atoms with Gasteiger partial charge < -0.3 is 10.4 Å². The lowest BCUT2D eigenvalue weighted by Gasteiger charge is -2.14. The summed E-state index contributed by atoms with van der Waals surface area (Å²) in [5.74, 6) is 0. The fourth-order valence-corrected chi connectivity index (χ4v) is 1.20. The van der Waals surface area contributed by atoms with E-state index in [1.54, 1.807) is 6.08 Å². The fraction of sp³-hybridized carbons (Fsp3) is 0.273. The summed E-state index contributed by atoms with van der Waals surface area (Å²) >= 11 is 0. The first-order valence-electron chi connectivity index (χ1n) is 4.38. The fourth-order valence-electron chi connectivity index (χ4n) is 1.20. The van der Waals surface area contributed by atoms with Crippen molar-refractivity contribution in [3.8, 4) is 0 Å². The molecule has 0 saturated heterocycles. The van der Waals surface area contributed by atoms with Gasteiger partial charge in [0.1, 0.15) is 0 Å². The lowest BCUT2D eigenvalue weighted by Crippen LogP contribution is -2.24. The number of rotatable bonds is 5. The average molecular weight is 177 g/mol. The van der Waals surface area contributed by atoms with Crippen LogP contribution in [-0.2, 0) is 0 Å². The Labute approximate surface area is 78.9 Å². The van der Waals surface area contributed by atoms with Gasteiger partial charge in [0.15, 0.2) is 0 Å². The van der Waals surface area contributed by atoms with Crippen molar-refractivity contribution in [2.24, 2.45) is 0 Å². The molecule has 1 atom stereocenters. The molecular weight excluding hydrogens is 162 g/mol. The van der Waals surface area contributed by atoms with Crippen molar-refractivity contribution in [2.75, 3.05) is 13.2 Å². The Morgan fingerprint density at radius 3 is 2.62 bits per heavy atom. The Morgan fingerprint density at radius 1 is 1.38 bits per heavy atom. The molecule has 0 aliphatic rings. The Hall–Kier alpha value is -1.12. The molecule has 2 N–H and O–H groups in total. The predicted molar refractivity (Wildman–Crippen MR) is 54.5 cm³/mol. The second-order valence-corrected chi connectivity index (χ2v) is 2.84. The van der Waals surface area contributed by atoms with Crippen LogP contribution in [0.3, 0.4) is 0 Å². The van der Waals surface area contributed by atoms with Crippen LogP contribution in [0.25, 0.3) is 0 Å². The maximum absolute atomic E-state index is 9.11. The van der Waals surface area contributed by atoms with Crippen LogP contribution >= 0.6 is 0 Å². The van der Waals surface area contributed by atoms with Gasteiger partial charge in [-0.2, -0.15) is 0 Å². The quantitative estimate of drug-likeness (QED) is 0.668. The molecule has 0 unspecified atom stereocenters. The first-order chi connectivity index (χ1) is 6.38. The number of nitrogens with one attached hydrogen (secondary N) is 1.